The zero-order chi connectivity index (χ0) is 11.8. The smallest absolute Gasteiger partial charge is 0.0303 e. The number of benzene rings is 2. The van der Waals surface area contributed by atoms with Crippen molar-refractivity contribution in [3.63, 3.8) is 0 Å². The Kier molecular flexibility index (Phi) is 2.49. The van der Waals surface area contributed by atoms with Crippen molar-refractivity contribution in [1.29, 1.82) is 0 Å². The van der Waals surface area contributed by atoms with Gasteiger partial charge in [-0.25, -0.2) is 0 Å². The molecule has 0 bridgehead atoms. The Labute approximate surface area is 102 Å². The lowest BCUT2D eigenvalue weighted by atomic mass is 9.91. The van der Waals surface area contributed by atoms with Gasteiger partial charge in [0.1, 0.15) is 0 Å². The number of fused-ring (bicyclic) bond motifs is 3. The van der Waals surface area contributed by atoms with Gasteiger partial charge in [0, 0.05) is 12.6 Å². The van der Waals surface area contributed by atoms with E-state index >= 15 is 0 Å². The SMILES string of the molecule is Cc1cccc2c1C(C)NCc1ccccc1-2. The molecule has 1 unspecified atom stereocenters. The average molecular weight is 223 g/mol. The second-order valence-electron chi connectivity index (χ2n) is 4.80. The number of aryl methyl sites for hydroxylation is 1. The molecule has 1 aliphatic heterocycles. The van der Waals surface area contributed by atoms with Crippen molar-refractivity contribution in [3.05, 3.63) is 59.2 Å². The third-order valence-corrected chi connectivity index (χ3v) is 3.66. The molecule has 0 fully saturated rings. The second-order valence-corrected chi connectivity index (χ2v) is 4.80. The van der Waals surface area contributed by atoms with Crippen LogP contribution in [0.2, 0.25) is 0 Å². The van der Waals surface area contributed by atoms with Gasteiger partial charge in [-0.2, -0.15) is 0 Å². The third kappa shape index (κ3) is 1.67. The summed E-state index contributed by atoms with van der Waals surface area (Å²) in [5, 5.41) is 3.60. The lowest BCUT2D eigenvalue weighted by Crippen LogP contribution is -2.17. The molecule has 0 radical (unpaired) electrons. The summed E-state index contributed by atoms with van der Waals surface area (Å²) in [6, 6.07) is 15.7. The highest BCUT2D eigenvalue weighted by Gasteiger charge is 2.19. The summed E-state index contributed by atoms with van der Waals surface area (Å²) in [7, 11) is 0. The molecule has 0 aromatic heterocycles. The molecular formula is C16H17N. The van der Waals surface area contributed by atoms with E-state index < -0.39 is 0 Å². The molecule has 0 amide bonds. The van der Waals surface area contributed by atoms with Crippen LogP contribution < -0.4 is 5.32 Å². The summed E-state index contributed by atoms with van der Waals surface area (Å²) in [5.74, 6) is 0. The van der Waals surface area contributed by atoms with E-state index in [1.165, 1.54) is 27.8 Å². The predicted molar refractivity (Wildman–Crippen MR) is 71.9 cm³/mol. The molecular weight excluding hydrogens is 206 g/mol. The lowest BCUT2D eigenvalue weighted by Gasteiger charge is -2.16. The fraction of sp³-hybridized carbons (Fsp3) is 0.250. The Bertz CT molecular complexity index is 557. The van der Waals surface area contributed by atoms with E-state index in [2.05, 4.69) is 61.6 Å². The summed E-state index contributed by atoms with van der Waals surface area (Å²) in [4.78, 5) is 0. The minimum absolute atomic E-state index is 0.415. The van der Waals surface area contributed by atoms with Crippen LogP contribution in [0.4, 0.5) is 0 Å². The molecule has 2 aromatic carbocycles. The van der Waals surface area contributed by atoms with Gasteiger partial charge >= 0.3 is 0 Å². The van der Waals surface area contributed by atoms with Gasteiger partial charge < -0.3 is 5.32 Å². The van der Waals surface area contributed by atoms with Gasteiger partial charge in [0.15, 0.2) is 0 Å². The molecule has 1 aliphatic rings. The second kappa shape index (κ2) is 4.01. The average Bonchev–Trinajstić information content (AvgIpc) is 2.49. The predicted octanol–water partition coefficient (Wildman–Crippen LogP) is 3.83. The monoisotopic (exact) mass is 223 g/mol. The van der Waals surface area contributed by atoms with Crippen molar-refractivity contribution in [2.45, 2.75) is 26.4 Å². The van der Waals surface area contributed by atoms with E-state index in [4.69, 9.17) is 0 Å². The van der Waals surface area contributed by atoms with Gasteiger partial charge in [-0.1, -0.05) is 42.5 Å². The quantitative estimate of drug-likeness (QED) is 0.715. The normalized spacial score (nSPS) is 18.1. The number of rotatable bonds is 0. The van der Waals surface area contributed by atoms with Crippen LogP contribution in [0.5, 0.6) is 0 Å². The molecule has 1 atom stereocenters. The first kappa shape index (κ1) is 10.5. The zero-order valence-electron chi connectivity index (χ0n) is 10.3. The van der Waals surface area contributed by atoms with Crippen molar-refractivity contribution in [3.8, 4) is 11.1 Å². The van der Waals surface area contributed by atoms with Gasteiger partial charge in [-0.3, -0.25) is 0 Å². The van der Waals surface area contributed by atoms with Crippen LogP contribution in [-0.4, -0.2) is 0 Å². The van der Waals surface area contributed by atoms with E-state index in [0.717, 1.165) is 6.54 Å². The van der Waals surface area contributed by atoms with Crippen LogP contribution in [0.15, 0.2) is 42.5 Å². The first-order valence-electron chi connectivity index (χ1n) is 6.18. The minimum atomic E-state index is 0.415. The van der Waals surface area contributed by atoms with E-state index in [-0.39, 0.29) is 0 Å². The molecule has 1 heterocycles. The standard InChI is InChI=1S/C16H17N/c1-11-6-5-9-15-14-8-4-3-7-13(14)10-17-12(2)16(11)15/h3-9,12,17H,10H2,1-2H3. The van der Waals surface area contributed by atoms with Crippen molar-refractivity contribution < 1.29 is 0 Å². The number of hydrogen-bond donors (Lipinski definition) is 1. The van der Waals surface area contributed by atoms with Crippen LogP contribution in [0, 0.1) is 6.92 Å². The first-order valence-corrected chi connectivity index (χ1v) is 6.18. The van der Waals surface area contributed by atoms with Crippen LogP contribution >= 0.6 is 0 Å². The zero-order valence-corrected chi connectivity index (χ0v) is 10.3. The number of hydrogen-bond acceptors (Lipinski definition) is 1. The van der Waals surface area contributed by atoms with Crippen LogP contribution in [0.3, 0.4) is 0 Å². The highest BCUT2D eigenvalue weighted by Crippen LogP contribution is 2.35. The summed E-state index contributed by atoms with van der Waals surface area (Å²) in [6.45, 7) is 5.40. The number of nitrogens with one attached hydrogen (secondary N) is 1. The third-order valence-electron chi connectivity index (χ3n) is 3.66. The first-order chi connectivity index (χ1) is 8.27. The molecule has 0 spiro atoms. The molecule has 1 nitrogen and oxygen atoms in total. The Morgan fingerprint density at radius 1 is 1.00 bits per heavy atom. The van der Waals surface area contributed by atoms with Gasteiger partial charge in [-0.05, 0) is 41.7 Å². The molecule has 0 saturated carbocycles. The van der Waals surface area contributed by atoms with Gasteiger partial charge in [0.05, 0.1) is 0 Å². The van der Waals surface area contributed by atoms with E-state index in [1.807, 2.05) is 0 Å². The van der Waals surface area contributed by atoms with Crippen molar-refractivity contribution in [1.82, 2.24) is 5.32 Å². The molecule has 86 valence electrons. The molecule has 17 heavy (non-hydrogen) atoms. The summed E-state index contributed by atoms with van der Waals surface area (Å²) < 4.78 is 0. The topological polar surface area (TPSA) is 12.0 Å². The fourth-order valence-electron chi connectivity index (χ4n) is 2.79. The molecule has 2 aromatic rings. The van der Waals surface area contributed by atoms with Crippen molar-refractivity contribution >= 4 is 0 Å². The van der Waals surface area contributed by atoms with Crippen molar-refractivity contribution in [2.24, 2.45) is 0 Å². The maximum Gasteiger partial charge on any atom is 0.0303 e. The van der Waals surface area contributed by atoms with E-state index in [9.17, 15) is 0 Å². The summed E-state index contributed by atoms with van der Waals surface area (Å²) in [5.41, 5.74) is 6.97. The van der Waals surface area contributed by atoms with Crippen LogP contribution in [0.25, 0.3) is 11.1 Å². The van der Waals surface area contributed by atoms with Crippen molar-refractivity contribution in [2.75, 3.05) is 0 Å². The molecule has 1 heteroatoms. The fourth-order valence-corrected chi connectivity index (χ4v) is 2.79. The summed E-state index contributed by atoms with van der Waals surface area (Å²) in [6.07, 6.45) is 0. The minimum Gasteiger partial charge on any atom is -0.306 e. The molecule has 1 N–H and O–H groups in total. The molecule has 3 rings (SSSR count). The highest BCUT2D eigenvalue weighted by atomic mass is 14.9. The molecule has 0 aliphatic carbocycles. The summed E-state index contributed by atoms with van der Waals surface area (Å²) >= 11 is 0. The maximum atomic E-state index is 3.60. The Morgan fingerprint density at radius 2 is 1.76 bits per heavy atom. The maximum absolute atomic E-state index is 3.60. The largest absolute Gasteiger partial charge is 0.306 e. The van der Waals surface area contributed by atoms with Crippen LogP contribution in [0.1, 0.15) is 29.7 Å². The van der Waals surface area contributed by atoms with Gasteiger partial charge in [0.25, 0.3) is 0 Å². The lowest BCUT2D eigenvalue weighted by molar-refractivity contribution is 0.580. The Hall–Kier alpha value is -1.60. The van der Waals surface area contributed by atoms with E-state index in [0.29, 0.717) is 6.04 Å². The van der Waals surface area contributed by atoms with Gasteiger partial charge in [0.2, 0.25) is 0 Å². The van der Waals surface area contributed by atoms with E-state index in [1.54, 1.807) is 0 Å². The Morgan fingerprint density at radius 3 is 2.65 bits per heavy atom. The van der Waals surface area contributed by atoms with Crippen LogP contribution in [-0.2, 0) is 6.54 Å². The highest BCUT2D eigenvalue weighted by molar-refractivity contribution is 5.73. The van der Waals surface area contributed by atoms with Gasteiger partial charge in [-0.15, -0.1) is 0 Å². The Balaban J connectivity index is 2.32. The molecule has 0 saturated heterocycles.